The second kappa shape index (κ2) is 12.3. The summed E-state index contributed by atoms with van der Waals surface area (Å²) in [5.74, 6) is 1.26. The molecule has 1 amide bonds. The molecule has 0 unspecified atom stereocenters. The number of ether oxygens (including phenoxy) is 2. The number of sulfonamides is 1. The van der Waals surface area contributed by atoms with Crippen molar-refractivity contribution in [1.82, 2.24) is 5.32 Å². The highest BCUT2D eigenvalue weighted by molar-refractivity contribution is 7.92. The van der Waals surface area contributed by atoms with E-state index in [1.54, 1.807) is 55.6 Å². The van der Waals surface area contributed by atoms with Gasteiger partial charge >= 0.3 is 0 Å². The smallest absolute Gasteiger partial charge is 0.264 e. The number of hydrogen-bond acceptors (Lipinski definition) is 5. The van der Waals surface area contributed by atoms with Crippen molar-refractivity contribution in [2.75, 3.05) is 24.6 Å². The average Bonchev–Trinajstić information content (AvgIpc) is 2.87. The number of benzene rings is 3. The van der Waals surface area contributed by atoms with E-state index in [0.29, 0.717) is 18.0 Å². The van der Waals surface area contributed by atoms with Gasteiger partial charge in [0, 0.05) is 0 Å². The van der Waals surface area contributed by atoms with Crippen molar-refractivity contribution >= 4 is 21.6 Å². The van der Waals surface area contributed by atoms with E-state index in [9.17, 15) is 13.2 Å². The Morgan fingerprint density at radius 1 is 0.947 bits per heavy atom. The van der Waals surface area contributed by atoms with Crippen LogP contribution >= 0.6 is 0 Å². The molecule has 204 valence electrons. The van der Waals surface area contributed by atoms with Gasteiger partial charge in [0.25, 0.3) is 10.0 Å². The van der Waals surface area contributed by atoms with E-state index in [0.717, 1.165) is 32.3 Å². The van der Waals surface area contributed by atoms with Crippen molar-refractivity contribution in [3.63, 3.8) is 0 Å². The molecule has 0 aliphatic rings. The molecule has 0 spiro atoms. The van der Waals surface area contributed by atoms with Gasteiger partial charge in [-0.3, -0.25) is 9.10 Å². The molecule has 7 nitrogen and oxygen atoms in total. The second-order valence-electron chi connectivity index (χ2n) is 9.65. The van der Waals surface area contributed by atoms with Crippen molar-refractivity contribution in [1.29, 1.82) is 0 Å². The summed E-state index contributed by atoms with van der Waals surface area (Å²) in [5, 5.41) is 2.99. The van der Waals surface area contributed by atoms with Crippen molar-refractivity contribution in [3.8, 4) is 11.5 Å². The third-order valence-corrected chi connectivity index (χ3v) is 8.20. The highest BCUT2D eigenvalue weighted by Gasteiger charge is 2.28. The fourth-order valence-corrected chi connectivity index (χ4v) is 5.75. The largest absolute Gasteiger partial charge is 0.496 e. The fraction of sp³-hybridized carbons (Fsp3) is 0.367. The molecule has 0 aliphatic heterocycles. The zero-order chi connectivity index (χ0) is 28.0. The van der Waals surface area contributed by atoms with E-state index in [4.69, 9.17) is 9.47 Å². The molecule has 1 atom stereocenters. The minimum Gasteiger partial charge on any atom is -0.496 e. The van der Waals surface area contributed by atoms with Gasteiger partial charge in [0.15, 0.2) is 0 Å². The van der Waals surface area contributed by atoms with Crippen LogP contribution in [0.1, 0.15) is 61.9 Å². The standard InChI is InChI=1S/C30H38N2O5S/c1-8-37-25-13-11-24(12-14-25)32(38(34,35)26-15-9-21(4)10-16-26)19-30(33)31-23(6)28-18-27(20(2)3)29(36-7)17-22(28)5/h9-18,20,23H,8,19H2,1-7H3,(H,31,33)/t23-/m0/s1. The summed E-state index contributed by atoms with van der Waals surface area (Å²) in [7, 11) is -2.36. The number of methoxy groups -OCH3 is 1. The number of nitrogens with zero attached hydrogens (tertiary/aromatic N) is 1. The Kier molecular flexibility index (Phi) is 9.44. The van der Waals surface area contributed by atoms with E-state index in [1.807, 2.05) is 33.8 Å². The van der Waals surface area contributed by atoms with Crippen LogP contribution in [-0.4, -0.2) is 34.6 Å². The maximum absolute atomic E-state index is 13.7. The Morgan fingerprint density at radius 2 is 1.58 bits per heavy atom. The fourth-order valence-electron chi connectivity index (χ4n) is 4.33. The van der Waals surface area contributed by atoms with Gasteiger partial charge in [0.2, 0.25) is 5.91 Å². The van der Waals surface area contributed by atoms with Gasteiger partial charge < -0.3 is 14.8 Å². The SMILES string of the molecule is CCOc1ccc(N(CC(=O)N[C@@H](C)c2cc(C(C)C)c(OC)cc2C)S(=O)(=O)c2ccc(C)cc2)cc1. The van der Waals surface area contributed by atoms with Crippen LogP contribution in [-0.2, 0) is 14.8 Å². The highest BCUT2D eigenvalue weighted by Crippen LogP contribution is 2.32. The van der Waals surface area contributed by atoms with Crippen LogP contribution in [0.15, 0.2) is 65.6 Å². The first-order chi connectivity index (χ1) is 18.0. The molecule has 0 saturated carbocycles. The molecule has 0 aromatic heterocycles. The van der Waals surface area contributed by atoms with Crippen molar-refractivity contribution in [2.24, 2.45) is 0 Å². The van der Waals surface area contributed by atoms with Crippen LogP contribution in [0.5, 0.6) is 11.5 Å². The van der Waals surface area contributed by atoms with Crippen molar-refractivity contribution in [2.45, 2.75) is 58.4 Å². The molecule has 0 heterocycles. The molecule has 0 fully saturated rings. The molecule has 3 aromatic carbocycles. The molecule has 0 aliphatic carbocycles. The highest BCUT2D eigenvalue weighted by atomic mass is 32.2. The lowest BCUT2D eigenvalue weighted by Crippen LogP contribution is -2.41. The van der Waals surface area contributed by atoms with E-state index < -0.39 is 15.9 Å². The van der Waals surface area contributed by atoms with Crippen LogP contribution in [0.25, 0.3) is 0 Å². The molecule has 3 aromatic rings. The summed E-state index contributed by atoms with van der Waals surface area (Å²) in [4.78, 5) is 13.4. The number of hydrogen-bond donors (Lipinski definition) is 1. The second-order valence-corrected chi connectivity index (χ2v) is 11.5. The summed E-state index contributed by atoms with van der Waals surface area (Å²) in [6.45, 7) is 11.9. The molecule has 0 saturated heterocycles. The number of rotatable bonds is 11. The quantitative estimate of drug-likeness (QED) is 0.328. The van der Waals surface area contributed by atoms with Crippen LogP contribution < -0.4 is 19.1 Å². The number of amides is 1. The minimum atomic E-state index is -4.01. The first-order valence-corrected chi connectivity index (χ1v) is 14.2. The maximum atomic E-state index is 13.7. The molecule has 1 N–H and O–H groups in total. The van der Waals surface area contributed by atoms with Crippen LogP contribution in [0.2, 0.25) is 0 Å². The van der Waals surface area contributed by atoms with Crippen LogP contribution in [0.4, 0.5) is 5.69 Å². The minimum absolute atomic E-state index is 0.116. The Bertz CT molecular complexity index is 1350. The molecular weight excluding hydrogens is 500 g/mol. The van der Waals surface area contributed by atoms with Crippen molar-refractivity contribution in [3.05, 3.63) is 82.9 Å². The van der Waals surface area contributed by atoms with Crippen molar-refractivity contribution < 1.29 is 22.7 Å². The number of carbonyl (C=O) groups excluding carboxylic acids is 1. The normalized spacial score (nSPS) is 12.2. The molecule has 38 heavy (non-hydrogen) atoms. The van der Waals surface area contributed by atoms with E-state index >= 15 is 0 Å². The molecule has 0 bridgehead atoms. The molecule has 3 rings (SSSR count). The van der Waals surface area contributed by atoms with Gasteiger partial charge in [-0.1, -0.05) is 31.5 Å². The lowest BCUT2D eigenvalue weighted by Gasteiger charge is -2.26. The Morgan fingerprint density at radius 3 is 2.13 bits per heavy atom. The number of carbonyl (C=O) groups is 1. The Balaban J connectivity index is 1.92. The summed E-state index contributed by atoms with van der Waals surface area (Å²) < 4.78 is 39.6. The first kappa shape index (κ1) is 29.0. The van der Waals surface area contributed by atoms with Gasteiger partial charge in [0.05, 0.1) is 30.3 Å². The topological polar surface area (TPSA) is 84.9 Å². The van der Waals surface area contributed by atoms with Gasteiger partial charge in [-0.05, 0) is 98.8 Å². The number of nitrogens with one attached hydrogen (secondary N) is 1. The van der Waals surface area contributed by atoms with E-state index in [-0.39, 0.29) is 23.4 Å². The Hall–Kier alpha value is -3.52. The monoisotopic (exact) mass is 538 g/mol. The predicted octanol–water partition coefficient (Wildman–Crippen LogP) is 5.91. The van der Waals surface area contributed by atoms with Crippen LogP contribution in [0, 0.1) is 13.8 Å². The third-order valence-electron chi connectivity index (χ3n) is 6.42. The lowest BCUT2D eigenvalue weighted by molar-refractivity contribution is -0.120. The van der Waals surface area contributed by atoms with Gasteiger partial charge in [-0.15, -0.1) is 0 Å². The Labute approximate surface area is 226 Å². The zero-order valence-electron chi connectivity index (χ0n) is 23.2. The maximum Gasteiger partial charge on any atom is 0.264 e. The zero-order valence-corrected chi connectivity index (χ0v) is 24.1. The molecular formula is C30H38N2O5S. The summed E-state index contributed by atoms with van der Waals surface area (Å²) >= 11 is 0. The molecule has 0 radical (unpaired) electrons. The predicted molar refractivity (Wildman–Crippen MR) is 152 cm³/mol. The van der Waals surface area contributed by atoms with Gasteiger partial charge in [0.1, 0.15) is 18.0 Å². The number of aryl methyl sites for hydroxylation is 2. The summed E-state index contributed by atoms with van der Waals surface area (Å²) in [6, 6.07) is 17.0. The lowest BCUT2D eigenvalue weighted by atomic mass is 9.93. The van der Waals surface area contributed by atoms with Gasteiger partial charge in [-0.25, -0.2) is 8.42 Å². The average molecular weight is 539 g/mol. The third kappa shape index (κ3) is 6.67. The number of anilines is 1. The van der Waals surface area contributed by atoms with E-state index in [2.05, 4.69) is 25.2 Å². The first-order valence-electron chi connectivity index (χ1n) is 12.8. The van der Waals surface area contributed by atoms with E-state index in [1.165, 1.54) is 0 Å². The summed E-state index contributed by atoms with van der Waals surface area (Å²) in [5.41, 5.74) is 4.30. The van der Waals surface area contributed by atoms with Gasteiger partial charge in [-0.2, -0.15) is 0 Å². The summed E-state index contributed by atoms with van der Waals surface area (Å²) in [6.07, 6.45) is 0. The molecule has 8 heteroatoms. The van der Waals surface area contributed by atoms with Crippen LogP contribution in [0.3, 0.4) is 0 Å².